The van der Waals surface area contributed by atoms with E-state index >= 15 is 0 Å². The van der Waals surface area contributed by atoms with Crippen molar-refractivity contribution in [3.63, 3.8) is 0 Å². The Morgan fingerprint density at radius 3 is 2.74 bits per heavy atom. The van der Waals surface area contributed by atoms with Gasteiger partial charge < -0.3 is 9.88 Å². The largest absolute Gasteiger partial charge is 0.366 e. The van der Waals surface area contributed by atoms with Gasteiger partial charge in [0.2, 0.25) is 0 Å². The average Bonchev–Trinajstić information content (AvgIpc) is 2.79. The Kier molecular flexibility index (Phi) is 2.74. The van der Waals surface area contributed by atoms with Crippen molar-refractivity contribution >= 4 is 11.5 Å². The van der Waals surface area contributed by atoms with Gasteiger partial charge in [-0.25, -0.2) is 0 Å². The van der Waals surface area contributed by atoms with E-state index in [0.717, 1.165) is 30.8 Å². The molecule has 0 fully saturated rings. The first-order valence-corrected chi connectivity index (χ1v) is 6.35. The van der Waals surface area contributed by atoms with Crippen LogP contribution in [0.25, 0.3) is 11.3 Å². The van der Waals surface area contributed by atoms with E-state index in [1.807, 2.05) is 35.8 Å². The molecule has 0 aliphatic carbocycles. The fourth-order valence-corrected chi connectivity index (χ4v) is 2.50. The predicted octanol–water partition coefficient (Wildman–Crippen LogP) is 3.19. The van der Waals surface area contributed by atoms with Crippen molar-refractivity contribution < 1.29 is 4.92 Å². The summed E-state index contributed by atoms with van der Waals surface area (Å²) in [5.41, 5.74) is 3.27. The summed E-state index contributed by atoms with van der Waals surface area (Å²) in [6.45, 7) is 3.64. The summed E-state index contributed by atoms with van der Waals surface area (Å²) in [4.78, 5) is 10.8. The lowest BCUT2D eigenvalue weighted by molar-refractivity contribution is -0.383. The lowest BCUT2D eigenvalue weighted by atomic mass is 10.1. The van der Waals surface area contributed by atoms with Crippen molar-refractivity contribution in [2.24, 2.45) is 0 Å². The van der Waals surface area contributed by atoms with E-state index in [0.29, 0.717) is 5.82 Å². The number of hydrogen-bond acceptors (Lipinski definition) is 3. The van der Waals surface area contributed by atoms with Crippen LogP contribution in [-0.2, 0) is 6.54 Å². The fourth-order valence-electron chi connectivity index (χ4n) is 2.50. The summed E-state index contributed by atoms with van der Waals surface area (Å²) >= 11 is 0. The molecule has 0 spiro atoms. The minimum atomic E-state index is -0.318. The highest BCUT2D eigenvalue weighted by atomic mass is 16.6. The highest BCUT2D eigenvalue weighted by Crippen LogP contribution is 2.36. The molecule has 2 aromatic rings. The van der Waals surface area contributed by atoms with Crippen molar-refractivity contribution in [2.75, 3.05) is 11.9 Å². The van der Waals surface area contributed by atoms with Gasteiger partial charge in [0.05, 0.1) is 10.6 Å². The molecule has 0 unspecified atom stereocenters. The van der Waals surface area contributed by atoms with Crippen molar-refractivity contribution in [3.8, 4) is 11.3 Å². The number of nitro groups is 1. The van der Waals surface area contributed by atoms with Gasteiger partial charge >= 0.3 is 5.69 Å². The maximum Gasteiger partial charge on any atom is 0.311 e. The third-order valence-corrected chi connectivity index (χ3v) is 3.47. The van der Waals surface area contributed by atoms with Gasteiger partial charge in [0, 0.05) is 19.2 Å². The van der Waals surface area contributed by atoms with E-state index in [1.54, 1.807) is 6.07 Å². The van der Waals surface area contributed by atoms with Gasteiger partial charge in [-0.1, -0.05) is 29.8 Å². The van der Waals surface area contributed by atoms with Crippen LogP contribution in [-0.4, -0.2) is 16.0 Å². The number of hydrogen-bond donors (Lipinski definition) is 1. The highest BCUT2D eigenvalue weighted by Gasteiger charge is 2.25. The van der Waals surface area contributed by atoms with Gasteiger partial charge in [-0.2, -0.15) is 0 Å². The highest BCUT2D eigenvalue weighted by molar-refractivity contribution is 5.73. The monoisotopic (exact) mass is 257 g/mol. The first-order chi connectivity index (χ1) is 9.16. The quantitative estimate of drug-likeness (QED) is 0.664. The Labute approximate surface area is 111 Å². The molecule has 1 N–H and O–H groups in total. The van der Waals surface area contributed by atoms with Gasteiger partial charge in [-0.15, -0.1) is 0 Å². The van der Waals surface area contributed by atoms with E-state index in [9.17, 15) is 10.1 Å². The number of nitrogens with zero attached hydrogens (tertiary/aromatic N) is 2. The van der Waals surface area contributed by atoms with Crippen molar-refractivity contribution in [3.05, 3.63) is 46.0 Å². The third-order valence-electron chi connectivity index (χ3n) is 3.47. The van der Waals surface area contributed by atoms with Crippen LogP contribution in [0.1, 0.15) is 12.0 Å². The number of nitrogens with one attached hydrogen (secondary N) is 1. The lowest BCUT2D eigenvalue weighted by Crippen LogP contribution is -2.17. The fraction of sp³-hybridized carbons (Fsp3) is 0.286. The van der Waals surface area contributed by atoms with Crippen LogP contribution < -0.4 is 5.32 Å². The van der Waals surface area contributed by atoms with Crippen LogP contribution in [0.3, 0.4) is 0 Å². The Morgan fingerprint density at radius 2 is 2.05 bits per heavy atom. The smallest absolute Gasteiger partial charge is 0.311 e. The molecule has 5 nitrogen and oxygen atoms in total. The molecule has 0 saturated carbocycles. The molecule has 2 heterocycles. The number of fused-ring (bicyclic) bond motifs is 1. The topological polar surface area (TPSA) is 60.1 Å². The molecule has 0 radical (unpaired) electrons. The van der Waals surface area contributed by atoms with E-state index in [1.165, 1.54) is 5.56 Å². The first-order valence-electron chi connectivity index (χ1n) is 6.35. The molecule has 98 valence electrons. The second-order valence-corrected chi connectivity index (χ2v) is 4.82. The molecule has 0 amide bonds. The predicted molar refractivity (Wildman–Crippen MR) is 74.4 cm³/mol. The second kappa shape index (κ2) is 4.42. The Morgan fingerprint density at radius 1 is 1.32 bits per heavy atom. The van der Waals surface area contributed by atoms with Crippen LogP contribution >= 0.6 is 0 Å². The van der Waals surface area contributed by atoms with Gasteiger partial charge in [0.1, 0.15) is 0 Å². The average molecular weight is 257 g/mol. The van der Waals surface area contributed by atoms with Crippen LogP contribution in [0.2, 0.25) is 0 Å². The first kappa shape index (κ1) is 11.8. The Balaban J connectivity index is 2.16. The number of rotatable bonds is 2. The maximum atomic E-state index is 11.1. The SMILES string of the molecule is Cc1ccc(-c2cc([N+](=O)[O-])c3n2CCCN3)cc1. The number of anilines is 1. The van der Waals surface area contributed by atoms with Gasteiger partial charge in [-0.3, -0.25) is 10.1 Å². The molecule has 19 heavy (non-hydrogen) atoms. The molecule has 1 aliphatic rings. The van der Waals surface area contributed by atoms with Gasteiger partial charge in [0.25, 0.3) is 0 Å². The summed E-state index contributed by atoms with van der Waals surface area (Å²) in [5.74, 6) is 0.631. The minimum absolute atomic E-state index is 0.162. The van der Waals surface area contributed by atoms with Crippen LogP contribution in [0.5, 0.6) is 0 Å². The van der Waals surface area contributed by atoms with E-state index < -0.39 is 0 Å². The number of benzene rings is 1. The molecule has 1 aromatic heterocycles. The summed E-state index contributed by atoms with van der Waals surface area (Å²) in [6, 6.07) is 9.74. The second-order valence-electron chi connectivity index (χ2n) is 4.82. The van der Waals surface area contributed by atoms with Crippen LogP contribution in [0.15, 0.2) is 30.3 Å². The zero-order valence-electron chi connectivity index (χ0n) is 10.7. The summed E-state index contributed by atoms with van der Waals surface area (Å²) in [5, 5.41) is 14.3. The van der Waals surface area contributed by atoms with E-state index in [-0.39, 0.29) is 10.6 Å². The molecule has 3 rings (SSSR count). The molecule has 1 aromatic carbocycles. The van der Waals surface area contributed by atoms with E-state index in [2.05, 4.69) is 5.32 Å². The van der Waals surface area contributed by atoms with Crippen LogP contribution in [0, 0.1) is 17.0 Å². The Bertz CT molecular complexity index is 629. The number of aromatic nitrogens is 1. The third kappa shape index (κ3) is 1.97. The zero-order valence-corrected chi connectivity index (χ0v) is 10.7. The molecule has 0 atom stereocenters. The summed E-state index contributed by atoms with van der Waals surface area (Å²) in [7, 11) is 0. The molecule has 0 bridgehead atoms. The molecular formula is C14H15N3O2. The standard InChI is InChI=1S/C14H15N3O2/c1-10-3-5-11(6-4-10)12-9-13(17(18)19)14-15-7-2-8-16(12)14/h3-6,9,15H,2,7-8H2,1H3. The van der Waals surface area contributed by atoms with Gasteiger partial charge in [-0.05, 0) is 18.9 Å². The van der Waals surface area contributed by atoms with Gasteiger partial charge in [0.15, 0.2) is 5.82 Å². The van der Waals surface area contributed by atoms with E-state index in [4.69, 9.17) is 0 Å². The number of aryl methyl sites for hydroxylation is 1. The zero-order chi connectivity index (χ0) is 13.4. The summed E-state index contributed by atoms with van der Waals surface area (Å²) in [6.07, 6.45) is 0.984. The minimum Gasteiger partial charge on any atom is -0.366 e. The maximum absolute atomic E-state index is 11.1. The normalized spacial score (nSPS) is 13.7. The van der Waals surface area contributed by atoms with Crippen molar-refractivity contribution in [2.45, 2.75) is 19.9 Å². The molecular weight excluding hydrogens is 242 g/mol. The molecule has 5 heteroatoms. The van der Waals surface area contributed by atoms with Crippen LogP contribution in [0.4, 0.5) is 11.5 Å². The lowest BCUT2D eigenvalue weighted by Gasteiger charge is -2.18. The summed E-state index contributed by atoms with van der Waals surface area (Å²) < 4.78 is 2.01. The van der Waals surface area contributed by atoms with Crippen molar-refractivity contribution in [1.82, 2.24) is 4.57 Å². The van der Waals surface area contributed by atoms with Crippen molar-refractivity contribution in [1.29, 1.82) is 0 Å². The molecule has 0 saturated heterocycles. The molecule has 1 aliphatic heterocycles. The Hall–Kier alpha value is -2.30.